The maximum Gasteiger partial charge on any atom is 0.257 e. The van der Waals surface area contributed by atoms with E-state index in [2.05, 4.69) is 39.2 Å². The molecule has 0 saturated heterocycles. The third kappa shape index (κ3) is 4.62. The highest BCUT2D eigenvalue weighted by atomic mass is 32.1. The van der Waals surface area contributed by atoms with Crippen LogP contribution in [0.3, 0.4) is 0 Å². The molecule has 0 saturated carbocycles. The van der Waals surface area contributed by atoms with E-state index in [1.54, 1.807) is 11.3 Å². The van der Waals surface area contributed by atoms with E-state index in [4.69, 9.17) is 9.26 Å². The molecule has 0 bridgehead atoms. The van der Waals surface area contributed by atoms with Gasteiger partial charge in [0.25, 0.3) is 11.4 Å². The Balaban J connectivity index is 1.45. The van der Waals surface area contributed by atoms with Crippen molar-refractivity contribution in [2.45, 2.75) is 26.3 Å². The van der Waals surface area contributed by atoms with Gasteiger partial charge in [0.05, 0.1) is 12.9 Å². The second-order valence-corrected chi connectivity index (χ2v) is 8.85. The van der Waals surface area contributed by atoms with Gasteiger partial charge < -0.3 is 9.26 Å². The maximum absolute atomic E-state index is 12.2. The summed E-state index contributed by atoms with van der Waals surface area (Å²) in [5.74, 6) is 1.92. The van der Waals surface area contributed by atoms with Crippen molar-refractivity contribution in [1.82, 2.24) is 29.9 Å². The second-order valence-electron chi connectivity index (χ2n) is 7.84. The quantitative estimate of drug-likeness (QED) is 0.333. The monoisotopic (exact) mass is 472 g/mol. The van der Waals surface area contributed by atoms with Crippen LogP contribution < -0.4 is 10.3 Å². The summed E-state index contributed by atoms with van der Waals surface area (Å²) in [5, 5.41) is 14.1. The molecular weight excluding hydrogens is 452 g/mol. The molecular formula is C24H20N6O3S. The Morgan fingerprint density at radius 3 is 2.59 bits per heavy atom. The van der Waals surface area contributed by atoms with Gasteiger partial charge in [-0.15, -0.1) is 10.2 Å². The van der Waals surface area contributed by atoms with Gasteiger partial charge in [-0.05, 0) is 36.4 Å². The topological polar surface area (TPSA) is 109 Å². The molecule has 3 heterocycles. The summed E-state index contributed by atoms with van der Waals surface area (Å²) >= 11 is 1.58. The Labute approximate surface area is 198 Å². The molecule has 0 aliphatic rings. The van der Waals surface area contributed by atoms with E-state index in [1.165, 1.54) is 29.5 Å². The van der Waals surface area contributed by atoms with Gasteiger partial charge in [0.2, 0.25) is 0 Å². The van der Waals surface area contributed by atoms with Crippen molar-refractivity contribution in [1.29, 1.82) is 0 Å². The third-order valence-corrected chi connectivity index (χ3v) is 6.34. The van der Waals surface area contributed by atoms with Crippen molar-refractivity contribution in [2.24, 2.45) is 0 Å². The van der Waals surface area contributed by atoms with Crippen molar-refractivity contribution >= 4 is 11.3 Å². The first-order chi connectivity index (χ1) is 16.6. The zero-order valence-corrected chi connectivity index (χ0v) is 19.3. The summed E-state index contributed by atoms with van der Waals surface area (Å²) in [6.45, 7) is 4.49. The van der Waals surface area contributed by atoms with Crippen molar-refractivity contribution in [3.63, 3.8) is 0 Å². The summed E-state index contributed by atoms with van der Waals surface area (Å²) in [4.78, 5) is 20.4. The predicted molar refractivity (Wildman–Crippen MR) is 127 cm³/mol. The summed E-state index contributed by atoms with van der Waals surface area (Å²) in [6.07, 6.45) is 4.31. The molecule has 34 heavy (non-hydrogen) atoms. The van der Waals surface area contributed by atoms with E-state index < -0.39 is 0 Å². The Morgan fingerprint density at radius 1 is 1.06 bits per heavy atom. The summed E-state index contributed by atoms with van der Waals surface area (Å²) in [6, 6.07) is 14.6. The van der Waals surface area contributed by atoms with E-state index >= 15 is 0 Å². The number of rotatable bonds is 7. The molecule has 0 spiro atoms. The average molecular weight is 473 g/mol. The zero-order chi connectivity index (χ0) is 23.5. The molecule has 0 aliphatic heterocycles. The predicted octanol–water partition coefficient (Wildman–Crippen LogP) is 4.78. The largest absolute Gasteiger partial charge is 0.457 e. The summed E-state index contributed by atoms with van der Waals surface area (Å²) < 4.78 is 12.9. The minimum atomic E-state index is -0.149. The number of benzene rings is 2. The maximum atomic E-state index is 12.2. The fourth-order valence-corrected chi connectivity index (χ4v) is 4.12. The summed E-state index contributed by atoms with van der Waals surface area (Å²) in [7, 11) is 0. The van der Waals surface area contributed by atoms with E-state index in [1.807, 2.05) is 42.5 Å². The Bertz CT molecular complexity index is 1460. The van der Waals surface area contributed by atoms with Gasteiger partial charge in [-0.2, -0.15) is 4.98 Å². The molecule has 0 fully saturated rings. The third-order valence-electron chi connectivity index (χ3n) is 5.07. The molecule has 10 heteroatoms. The number of ether oxygens (including phenoxy) is 1. The van der Waals surface area contributed by atoms with E-state index in [9.17, 15) is 4.79 Å². The number of nitrogens with zero attached hydrogens (tertiary/aromatic N) is 6. The van der Waals surface area contributed by atoms with Gasteiger partial charge in [-0.1, -0.05) is 36.4 Å². The van der Waals surface area contributed by atoms with Crippen LogP contribution in [0, 0.1) is 0 Å². The lowest BCUT2D eigenvalue weighted by molar-refractivity contribution is 0.429. The van der Waals surface area contributed by atoms with Crippen LogP contribution in [-0.2, 0) is 6.54 Å². The minimum Gasteiger partial charge on any atom is -0.457 e. The van der Waals surface area contributed by atoms with Crippen molar-refractivity contribution in [3.05, 3.63) is 88.3 Å². The first-order valence-corrected chi connectivity index (χ1v) is 11.4. The molecule has 0 amide bonds. The minimum absolute atomic E-state index is 0.149. The van der Waals surface area contributed by atoms with E-state index in [0.29, 0.717) is 35.4 Å². The second kappa shape index (κ2) is 9.36. The van der Waals surface area contributed by atoms with Crippen LogP contribution in [0.2, 0.25) is 0 Å². The lowest BCUT2D eigenvalue weighted by Gasteiger charge is -2.13. The molecule has 0 atom stereocenters. The number of hydrogen-bond donors (Lipinski definition) is 0. The van der Waals surface area contributed by atoms with Gasteiger partial charge in [0.1, 0.15) is 21.5 Å². The molecule has 2 aromatic carbocycles. The van der Waals surface area contributed by atoms with Crippen molar-refractivity contribution in [2.75, 3.05) is 0 Å². The SMILES string of the molecule is CC(C)c1nnc(-c2ccc(Oc3cc(-c4ncno4)ccc3Cn3cnccc3=O)cc2)s1. The standard InChI is InChI=1S/C24H20N6O3S/c1-15(2)23-28-29-24(34-23)16-5-7-19(8-6-16)32-20-11-17(22-26-13-27-33-22)3-4-18(20)12-30-14-25-10-9-21(30)31/h3-11,13-15H,12H2,1-2H3. The molecule has 0 radical (unpaired) electrons. The van der Waals surface area contributed by atoms with Crippen LogP contribution in [0.15, 0.2) is 76.7 Å². The van der Waals surface area contributed by atoms with Crippen molar-refractivity contribution < 1.29 is 9.26 Å². The fourth-order valence-electron chi connectivity index (χ4n) is 3.27. The molecule has 5 rings (SSSR count). The highest BCUT2D eigenvalue weighted by molar-refractivity contribution is 7.14. The Hall–Kier alpha value is -4.18. The van der Waals surface area contributed by atoms with E-state index in [0.717, 1.165) is 21.1 Å². The van der Waals surface area contributed by atoms with Gasteiger partial charge in [-0.3, -0.25) is 9.36 Å². The molecule has 3 aromatic heterocycles. The Morgan fingerprint density at radius 2 is 1.88 bits per heavy atom. The van der Waals surface area contributed by atoms with Crippen molar-refractivity contribution in [3.8, 4) is 33.5 Å². The smallest absolute Gasteiger partial charge is 0.257 e. The van der Waals surface area contributed by atoms with Crippen LogP contribution in [0.25, 0.3) is 22.0 Å². The first kappa shape index (κ1) is 21.7. The number of hydrogen-bond acceptors (Lipinski definition) is 9. The van der Waals surface area contributed by atoms with Gasteiger partial charge >= 0.3 is 0 Å². The van der Waals surface area contributed by atoms with Gasteiger partial charge in [0, 0.05) is 34.9 Å². The highest BCUT2D eigenvalue weighted by Crippen LogP contribution is 2.33. The molecule has 0 aliphatic carbocycles. The molecule has 170 valence electrons. The first-order valence-electron chi connectivity index (χ1n) is 10.6. The molecule has 0 N–H and O–H groups in total. The average Bonchev–Trinajstić information content (AvgIpc) is 3.55. The Kier molecular flexibility index (Phi) is 5.96. The lowest BCUT2D eigenvalue weighted by atomic mass is 10.1. The fraction of sp³-hybridized carbons (Fsp3) is 0.167. The van der Waals surface area contributed by atoms with Crippen LogP contribution in [0.1, 0.15) is 30.3 Å². The van der Waals surface area contributed by atoms with Crippen LogP contribution in [0.4, 0.5) is 0 Å². The zero-order valence-electron chi connectivity index (χ0n) is 18.5. The van der Waals surface area contributed by atoms with E-state index in [-0.39, 0.29) is 5.56 Å². The van der Waals surface area contributed by atoms with Gasteiger partial charge in [-0.25, -0.2) is 4.98 Å². The normalized spacial score (nSPS) is 11.1. The number of aromatic nitrogens is 6. The van der Waals surface area contributed by atoms with Crippen LogP contribution in [-0.4, -0.2) is 29.9 Å². The molecule has 0 unspecified atom stereocenters. The van der Waals surface area contributed by atoms with Gasteiger partial charge in [0.15, 0.2) is 6.33 Å². The highest BCUT2D eigenvalue weighted by Gasteiger charge is 2.13. The molecule has 5 aromatic rings. The lowest BCUT2D eigenvalue weighted by Crippen LogP contribution is -2.19. The van der Waals surface area contributed by atoms with Crippen LogP contribution >= 0.6 is 11.3 Å². The summed E-state index contributed by atoms with van der Waals surface area (Å²) in [5.41, 5.74) is 2.33. The molecule has 9 nitrogen and oxygen atoms in total. The van der Waals surface area contributed by atoms with Crippen LogP contribution in [0.5, 0.6) is 11.5 Å².